The van der Waals surface area contributed by atoms with Gasteiger partial charge in [-0.3, -0.25) is 4.98 Å². The van der Waals surface area contributed by atoms with Gasteiger partial charge in [0.05, 0.1) is 11.9 Å². The molecule has 0 radical (unpaired) electrons. The van der Waals surface area contributed by atoms with Gasteiger partial charge in [-0.25, -0.2) is 4.98 Å². The fourth-order valence-electron chi connectivity index (χ4n) is 2.48. The number of rotatable bonds is 5. The zero-order valence-electron chi connectivity index (χ0n) is 12.9. The smallest absolute Gasteiger partial charge is 0.151 e. The molecule has 0 bridgehead atoms. The van der Waals surface area contributed by atoms with Crippen LogP contribution in [0.15, 0.2) is 30.6 Å². The Morgan fingerprint density at radius 1 is 1.24 bits per heavy atom. The van der Waals surface area contributed by atoms with Crippen molar-refractivity contribution < 1.29 is 0 Å². The first-order valence-corrected chi connectivity index (χ1v) is 7.49. The van der Waals surface area contributed by atoms with Gasteiger partial charge in [-0.2, -0.15) is 0 Å². The maximum absolute atomic E-state index is 4.71. The van der Waals surface area contributed by atoms with E-state index in [1.807, 2.05) is 19.4 Å². The van der Waals surface area contributed by atoms with Crippen molar-refractivity contribution in [3.05, 3.63) is 47.4 Å². The van der Waals surface area contributed by atoms with Crippen LogP contribution < -0.4 is 10.2 Å². The molecule has 2 aromatic rings. The molecule has 1 fully saturated rings. The molecular weight excluding hydrogens is 260 g/mol. The number of aromatic nitrogens is 2. The van der Waals surface area contributed by atoms with Crippen LogP contribution in [0, 0.1) is 13.8 Å². The summed E-state index contributed by atoms with van der Waals surface area (Å²) in [5.74, 6) is 0.886. The Bertz CT molecular complexity index is 634. The van der Waals surface area contributed by atoms with Crippen molar-refractivity contribution in [3.63, 3.8) is 0 Å². The van der Waals surface area contributed by atoms with E-state index in [9.17, 15) is 0 Å². The van der Waals surface area contributed by atoms with Gasteiger partial charge in [-0.1, -0.05) is 17.7 Å². The van der Waals surface area contributed by atoms with Crippen molar-refractivity contribution in [2.24, 2.45) is 0 Å². The van der Waals surface area contributed by atoms with Crippen molar-refractivity contribution in [1.82, 2.24) is 15.3 Å². The molecule has 110 valence electrons. The highest BCUT2D eigenvalue weighted by Gasteiger charge is 2.20. The molecule has 1 aromatic carbocycles. The molecule has 1 saturated carbocycles. The topological polar surface area (TPSA) is 41.1 Å². The number of anilines is 2. The number of nitrogens with zero attached hydrogens (tertiary/aromatic N) is 3. The monoisotopic (exact) mass is 282 g/mol. The van der Waals surface area contributed by atoms with Gasteiger partial charge in [0.1, 0.15) is 0 Å². The standard InChI is InChI=1S/C17H22N4/c1-12-4-7-16(13(2)8-12)21(3)17-11-18-9-15(20-17)10-19-14-5-6-14/h4,7-9,11,14,19H,5-6,10H2,1-3H3. The molecule has 1 N–H and O–H groups in total. The van der Waals surface area contributed by atoms with Gasteiger partial charge in [-0.15, -0.1) is 0 Å². The molecule has 4 nitrogen and oxygen atoms in total. The van der Waals surface area contributed by atoms with Crippen LogP contribution in [0.3, 0.4) is 0 Å². The Hall–Kier alpha value is -1.94. The second kappa shape index (κ2) is 5.82. The van der Waals surface area contributed by atoms with Crippen LogP contribution in [-0.4, -0.2) is 23.1 Å². The summed E-state index contributed by atoms with van der Waals surface area (Å²) in [6.07, 6.45) is 6.24. The fraction of sp³-hybridized carbons (Fsp3) is 0.412. The third-order valence-electron chi connectivity index (χ3n) is 3.88. The second-order valence-electron chi connectivity index (χ2n) is 5.87. The number of hydrogen-bond acceptors (Lipinski definition) is 4. The van der Waals surface area contributed by atoms with E-state index >= 15 is 0 Å². The highest BCUT2D eigenvalue weighted by atomic mass is 15.2. The largest absolute Gasteiger partial charge is 0.328 e. The third-order valence-corrected chi connectivity index (χ3v) is 3.88. The van der Waals surface area contributed by atoms with Crippen molar-refractivity contribution in [1.29, 1.82) is 0 Å². The Morgan fingerprint density at radius 2 is 2.05 bits per heavy atom. The summed E-state index contributed by atoms with van der Waals surface area (Å²) in [5, 5.41) is 3.48. The summed E-state index contributed by atoms with van der Waals surface area (Å²) in [6.45, 7) is 5.04. The predicted molar refractivity (Wildman–Crippen MR) is 85.9 cm³/mol. The van der Waals surface area contributed by atoms with E-state index in [2.05, 4.69) is 47.2 Å². The molecule has 1 heterocycles. The van der Waals surface area contributed by atoms with Crippen molar-refractivity contribution in [2.45, 2.75) is 39.3 Å². The van der Waals surface area contributed by atoms with Crippen molar-refractivity contribution in [2.75, 3.05) is 11.9 Å². The number of hydrogen-bond donors (Lipinski definition) is 1. The molecular formula is C17H22N4. The normalized spacial score (nSPS) is 14.2. The minimum absolute atomic E-state index is 0.688. The summed E-state index contributed by atoms with van der Waals surface area (Å²) in [7, 11) is 2.04. The molecule has 21 heavy (non-hydrogen) atoms. The van der Waals surface area contributed by atoms with Crippen molar-refractivity contribution in [3.8, 4) is 0 Å². The van der Waals surface area contributed by atoms with Gasteiger partial charge in [0.25, 0.3) is 0 Å². The summed E-state index contributed by atoms with van der Waals surface area (Å²) >= 11 is 0. The number of benzene rings is 1. The highest BCUT2D eigenvalue weighted by molar-refractivity contribution is 5.62. The summed E-state index contributed by atoms with van der Waals surface area (Å²) in [6, 6.07) is 7.15. The van der Waals surface area contributed by atoms with E-state index in [1.165, 1.54) is 29.7 Å². The molecule has 0 amide bonds. The molecule has 1 aromatic heterocycles. The first-order chi connectivity index (χ1) is 10.1. The lowest BCUT2D eigenvalue weighted by Crippen LogP contribution is -2.18. The number of aryl methyl sites for hydroxylation is 2. The van der Waals surface area contributed by atoms with Crippen LogP contribution in [0.4, 0.5) is 11.5 Å². The summed E-state index contributed by atoms with van der Waals surface area (Å²) in [5.41, 5.74) is 4.69. The summed E-state index contributed by atoms with van der Waals surface area (Å²) in [4.78, 5) is 11.1. The van der Waals surface area contributed by atoms with Crippen LogP contribution >= 0.6 is 0 Å². The van der Waals surface area contributed by atoms with Gasteiger partial charge in [0, 0.05) is 31.5 Å². The zero-order chi connectivity index (χ0) is 14.8. The third kappa shape index (κ3) is 3.39. The molecule has 1 aliphatic rings. The Labute approximate surface area is 126 Å². The van der Waals surface area contributed by atoms with Crippen LogP contribution in [-0.2, 0) is 6.54 Å². The van der Waals surface area contributed by atoms with E-state index in [-0.39, 0.29) is 0 Å². The zero-order valence-corrected chi connectivity index (χ0v) is 12.9. The van der Waals surface area contributed by atoms with E-state index in [0.29, 0.717) is 6.04 Å². The number of nitrogens with one attached hydrogen (secondary N) is 1. The first-order valence-electron chi connectivity index (χ1n) is 7.49. The van der Waals surface area contributed by atoms with Crippen LogP contribution in [0.5, 0.6) is 0 Å². The maximum Gasteiger partial charge on any atom is 0.151 e. The van der Waals surface area contributed by atoms with Crippen LogP contribution in [0.2, 0.25) is 0 Å². The minimum atomic E-state index is 0.688. The van der Waals surface area contributed by atoms with Crippen LogP contribution in [0.1, 0.15) is 29.7 Å². The fourth-order valence-corrected chi connectivity index (χ4v) is 2.48. The lowest BCUT2D eigenvalue weighted by atomic mass is 10.1. The molecule has 4 heteroatoms. The highest BCUT2D eigenvalue weighted by Crippen LogP contribution is 2.26. The average molecular weight is 282 g/mol. The molecule has 0 unspecified atom stereocenters. The van der Waals surface area contributed by atoms with E-state index in [4.69, 9.17) is 4.98 Å². The maximum atomic E-state index is 4.71. The van der Waals surface area contributed by atoms with Gasteiger partial charge < -0.3 is 10.2 Å². The quantitative estimate of drug-likeness (QED) is 0.915. The van der Waals surface area contributed by atoms with Gasteiger partial charge in [0.2, 0.25) is 0 Å². The molecule has 0 aliphatic heterocycles. The van der Waals surface area contributed by atoms with E-state index < -0.39 is 0 Å². The van der Waals surface area contributed by atoms with Crippen molar-refractivity contribution >= 4 is 11.5 Å². The first kappa shape index (κ1) is 14.0. The Kier molecular flexibility index (Phi) is 3.88. The van der Waals surface area contributed by atoms with Crippen LogP contribution in [0.25, 0.3) is 0 Å². The van der Waals surface area contributed by atoms with E-state index in [1.54, 1.807) is 0 Å². The van der Waals surface area contributed by atoms with Gasteiger partial charge in [0.15, 0.2) is 5.82 Å². The van der Waals surface area contributed by atoms with E-state index in [0.717, 1.165) is 18.1 Å². The molecule has 0 spiro atoms. The molecule has 3 rings (SSSR count). The van der Waals surface area contributed by atoms with Gasteiger partial charge >= 0.3 is 0 Å². The predicted octanol–water partition coefficient (Wildman–Crippen LogP) is 3.11. The average Bonchev–Trinajstić information content (AvgIpc) is 3.29. The molecule has 0 atom stereocenters. The lowest BCUT2D eigenvalue weighted by Gasteiger charge is -2.21. The Balaban J connectivity index is 1.79. The SMILES string of the molecule is Cc1ccc(N(C)c2cncc(CNC3CC3)n2)c(C)c1. The summed E-state index contributed by atoms with van der Waals surface area (Å²) < 4.78 is 0. The van der Waals surface area contributed by atoms with Gasteiger partial charge in [-0.05, 0) is 38.3 Å². The minimum Gasteiger partial charge on any atom is -0.328 e. The molecule has 0 saturated heterocycles. The Morgan fingerprint density at radius 3 is 2.76 bits per heavy atom. The lowest BCUT2D eigenvalue weighted by molar-refractivity contribution is 0.671. The molecule has 1 aliphatic carbocycles. The second-order valence-corrected chi connectivity index (χ2v) is 5.87.